The minimum Gasteiger partial charge on any atom is -0.390 e. The lowest BCUT2D eigenvalue weighted by molar-refractivity contribution is -0.136. The summed E-state index contributed by atoms with van der Waals surface area (Å²) in [6, 6.07) is 3.61. The molecule has 9 nitrogen and oxygen atoms in total. The maximum Gasteiger partial charge on any atom is 0.262 e. The quantitative estimate of drug-likeness (QED) is 0.502. The fraction of sp³-hybridized carbons (Fsp3) is 0.412. The SMILES string of the molecule is O=C1CCC(N2C(=O)c3ccc(N[C@H]4CNC[C@H]4O)cc3C2=O)C(=O)N1. The summed E-state index contributed by atoms with van der Waals surface area (Å²) in [4.78, 5) is 49.6. The van der Waals surface area contributed by atoms with Gasteiger partial charge in [-0.25, -0.2) is 0 Å². The van der Waals surface area contributed by atoms with Crippen molar-refractivity contribution in [2.24, 2.45) is 0 Å². The van der Waals surface area contributed by atoms with Crippen LogP contribution >= 0.6 is 0 Å². The molecule has 3 heterocycles. The Balaban J connectivity index is 1.58. The summed E-state index contributed by atoms with van der Waals surface area (Å²) in [5.74, 6) is -2.12. The molecule has 4 rings (SSSR count). The Morgan fingerprint density at radius 1 is 1.08 bits per heavy atom. The minimum atomic E-state index is -0.975. The molecule has 4 amide bonds. The number of benzene rings is 1. The Morgan fingerprint density at radius 2 is 1.85 bits per heavy atom. The molecule has 0 aliphatic carbocycles. The first kappa shape index (κ1) is 16.7. The third-order valence-corrected chi connectivity index (χ3v) is 4.97. The van der Waals surface area contributed by atoms with E-state index in [9.17, 15) is 24.3 Å². The molecule has 2 fully saturated rings. The van der Waals surface area contributed by atoms with E-state index < -0.39 is 35.8 Å². The lowest BCUT2D eigenvalue weighted by Crippen LogP contribution is -2.54. The molecule has 3 aliphatic heterocycles. The number of amides is 4. The summed E-state index contributed by atoms with van der Waals surface area (Å²) in [6.45, 7) is 1.08. The Kier molecular flexibility index (Phi) is 3.97. The predicted molar refractivity (Wildman–Crippen MR) is 89.4 cm³/mol. The van der Waals surface area contributed by atoms with Crippen molar-refractivity contribution in [3.8, 4) is 0 Å². The standard InChI is InChI=1S/C17H18N4O5/c22-13-7-18-6-11(13)19-8-1-2-9-10(5-8)17(26)21(16(9)25)12-3-4-14(23)20-15(12)24/h1-2,5,11-13,18-19,22H,3-4,6-7H2,(H,20,23,24)/t11-,12?,13+/m0/s1. The van der Waals surface area contributed by atoms with Gasteiger partial charge >= 0.3 is 0 Å². The lowest BCUT2D eigenvalue weighted by atomic mass is 10.0. The number of aliphatic hydroxyl groups excluding tert-OH is 1. The number of hydrogen-bond donors (Lipinski definition) is 4. The third-order valence-electron chi connectivity index (χ3n) is 4.97. The van der Waals surface area contributed by atoms with Crippen LogP contribution in [0.25, 0.3) is 0 Å². The van der Waals surface area contributed by atoms with Crippen LogP contribution in [0.4, 0.5) is 5.69 Å². The monoisotopic (exact) mass is 358 g/mol. The number of rotatable bonds is 3. The van der Waals surface area contributed by atoms with E-state index in [0.717, 1.165) is 4.90 Å². The number of nitrogens with zero attached hydrogens (tertiary/aromatic N) is 1. The van der Waals surface area contributed by atoms with E-state index in [2.05, 4.69) is 16.0 Å². The molecule has 3 atom stereocenters. The number of aliphatic hydroxyl groups is 1. The molecule has 3 aliphatic rings. The van der Waals surface area contributed by atoms with Crippen LogP contribution in [0.15, 0.2) is 18.2 Å². The van der Waals surface area contributed by atoms with Crippen LogP contribution in [-0.4, -0.2) is 64.9 Å². The van der Waals surface area contributed by atoms with E-state index in [1.807, 2.05) is 0 Å². The van der Waals surface area contributed by atoms with E-state index in [0.29, 0.717) is 18.8 Å². The average Bonchev–Trinajstić information content (AvgIpc) is 3.11. The molecule has 1 unspecified atom stereocenters. The van der Waals surface area contributed by atoms with Crippen LogP contribution < -0.4 is 16.0 Å². The number of imide groups is 2. The first-order valence-electron chi connectivity index (χ1n) is 8.46. The van der Waals surface area contributed by atoms with Crippen LogP contribution in [0.3, 0.4) is 0 Å². The molecule has 0 saturated carbocycles. The van der Waals surface area contributed by atoms with Crippen molar-refractivity contribution in [3.63, 3.8) is 0 Å². The molecule has 1 aromatic rings. The van der Waals surface area contributed by atoms with Gasteiger partial charge in [0.05, 0.1) is 23.3 Å². The molecule has 0 spiro atoms. The highest BCUT2D eigenvalue weighted by Gasteiger charge is 2.44. The van der Waals surface area contributed by atoms with Gasteiger partial charge in [-0.05, 0) is 24.6 Å². The zero-order valence-electron chi connectivity index (χ0n) is 13.8. The zero-order valence-corrected chi connectivity index (χ0v) is 13.8. The van der Waals surface area contributed by atoms with Crippen molar-refractivity contribution in [2.45, 2.75) is 31.0 Å². The van der Waals surface area contributed by atoms with Crippen molar-refractivity contribution in [1.29, 1.82) is 0 Å². The van der Waals surface area contributed by atoms with Crippen molar-refractivity contribution >= 4 is 29.3 Å². The van der Waals surface area contributed by atoms with Gasteiger partial charge in [0.25, 0.3) is 11.8 Å². The van der Waals surface area contributed by atoms with Crippen LogP contribution in [0.1, 0.15) is 33.6 Å². The highest BCUT2D eigenvalue weighted by Crippen LogP contribution is 2.29. The number of carbonyl (C=O) groups is 4. The summed E-state index contributed by atoms with van der Waals surface area (Å²) < 4.78 is 0. The van der Waals surface area contributed by atoms with E-state index in [4.69, 9.17) is 0 Å². The number of hydrogen-bond acceptors (Lipinski definition) is 7. The lowest BCUT2D eigenvalue weighted by Gasteiger charge is -2.27. The van der Waals surface area contributed by atoms with E-state index in [1.165, 1.54) is 0 Å². The number of anilines is 1. The highest BCUT2D eigenvalue weighted by molar-refractivity contribution is 6.23. The number of fused-ring (bicyclic) bond motifs is 1. The maximum absolute atomic E-state index is 12.7. The van der Waals surface area contributed by atoms with Gasteiger partial charge in [0.2, 0.25) is 11.8 Å². The summed E-state index contributed by atoms with van der Waals surface area (Å²) in [7, 11) is 0. The number of piperidine rings is 1. The van der Waals surface area contributed by atoms with Crippen molar-refractivity contribution in [2.75, 3.05) is 18.4 Å². The second kappa shape index (κ2) is 6.19. The smallest absolute Gasteiger partial charge is 0.262 e. The van der Waals surface area contributed by atoms with Gasteiger partial charge in [-0.15, -0.1) is 0 Å². The Bertz CT molecular complexity index is 823. The molecule has 136 valence electrons. The van der Waals surface area contributed by atoms with Gasteiger partial charge in [-0.1, -0.05) is 0 Å². The first-order valence-corrected chi connectivity index (χ1v) is 8.46. The third kappa shape index (κ3) is 2.65. The molecule has 9 heteroatoms. The van der Waals surface area contributed by atoms with Gasteiger partial charge in [0.1, 0.15) is 6.04 Å². The van der Waals surface area contributed by atoms with Gasteiger partial charge in [-0.2, -0.15) is 0 Å². The fourth-order valence-corrected chi connectivity index (χ4v) is 3.59. The second-order valence-corrected chi connectivity index (χ2v) is 6.68. The van der Waals surface area contributed by atoms with Crippen LogP contribution in [0.2, 0.25) is 0 Å². The summed E-state index contributed by atoms with van der Waals surface area (Å²) in [5.41, 5.74) is 1.06. The molecule has 26 heavy (non-hydrogen) atoms. The predicted octanol–water partition coefficient (Wildman–Crippen LogP) is -1.17. The minimum absolute atomic E-state index is 0.0865. The first-order chi connectivity index (χ1) is 12.5. The van der Waals surface area contributed by atoms with Crippen LogP contribution in [0.5, 0.6) is 0 Å². The average molecular weight is 358 g/mol. The van der Waals surface area contributed by atoms with E-state index in [1.54, 1.807) is 18.2 Å². The number of carbonyl (C=O) groups excluding carboxylic acids is 4. The normalized spacial score (nSPS) is 28.3. The number of nitrogens with one attached hydrogen (secondary N) is 3. The van der Waals surface area contributed by atoms with Crippen molar-refractivity contribution < 1.29 is 24.3 Å². The molecule has 0 aromatic heterocycles. The Labute approximate surface area is 148 Å². The zero-order chi connectivity index (χ0) is 18.4. The summed E-state index contributed by atoms with van der Waals surface area (Å²) in [5, 5.41) is 18.2. The largest absolute Gasteiger partial charge is 0.390 e. The van der Waals surface area contributed by atoms with E-state index >= 15 is 0 Å². The second-order valence-electron chi connectivity index (χ2n) is 6.68. The van der Waals surface area contributed by atoms with Gasteiger partial charge in [-0.3, -0.25) is 29.4 Å². The van der Waals surface area contributed by atoms with Gasteiger partial charge < -0.3 is 15.7 Å². The Hall–Kier alpha value is -2.78. The fourth-order valence-electron chi connectivity index (χ4n) is 3.59. The molecule has 2 saturated heterocycles. The Morgan fingerprint density at radius 3 is 2.54 bits per heavy atom. The van der Waals surface area contributed by atoms with Gasteiger partial charge in [0, 0.05) is 25.2 Å². The summed E-state index contributed by atoms with van der Waals surface area (Å²) >= 11 is 0. The molecular formula is C17H18N4O5. The van der Waals surface area contributed by atoms with Crippen molar-refractivity contribution in [3.05, 3.63) is 29.3 Å². The van der Waals surface area contributed by atoms with E-state index in [-0.39, 0.29) is 30.0 Å². The van der Waals surface area contributed by atoms with Crippen LogP contribution in [-0.2, 0) is 9.59 Å². The topological polar surface area (TPSA) is 128 Å². The van der Waals surface area contributed by atoms with Crippen LogP contribution in [0, 0.1) is 0 Å². The highest BCUT2D eigenvalue weighted by atomic mass is 16.3. The molecule has 4 N–H and O–H groups in total. The van der Waals surface area contributed by atoms with Crippen molar-refractivity contribution in [1.82, 2.24) is 15.5 Å². The maximum atomic E-state index is 12.7. The number of β-amino-alcohol motifs (C(OH)–C–C–N with tert-alkyl or cyclic N) is 1. The molecule has 1 aromatic carbocycles. The molecule has 0 bridgehead atoms. The molecule has 0 radical (unpaired) electrons. The summed E-state index contributed by atoms with van der Waals surface area (Å²) in [6.07, 6.45) is -0.328. The molecular weight excluding hydrogens is 340 g/mol. The van der Waals surface area contributed by atoms with Gasteiger partial charge in [0.15, 0.2) is 0 Å².